The zero-order valence-electron chi connectivity index (χ0n) is 11.7. The molecule has 0 saturated heterocycles. The predicted octanol–water partition coefficient (Wildman–Crippen LogP) is 2.33. The highest BCUT2D eigenvalue weighted by atomic mass is 16.5. The van der Waals surface area contributed by atoms with Crippen LogP contribution in [-0.4, -0.2) is 34.8 Å². The third-order valence-corrected chi connectivity index (χ3v) is 2.61. The van der Waals surface area contributed by atoms with E-state index in [0.29, 0.717) is 24.0 Å². The standard InChI is InChI=1S/C14H15N3O4/c1-3-21-13-8-15-7-12(17-13)16-9-4-5-10(14(18)19)11(6-9)20-2/h4-8H,3H2,1-2H3,(H,16,17)(H,18,19). The number of nitrogens with zero attached hydrogens (tertiary/aromatic N) is 2. The van der Waals surface area contributed by atoms with Crippen LogP contribution in [0.1, 0.15) is 17.3 Å². The largest absolute Gasteiger partial charge is 0.496 e. The molecule has 0 radical (unpaired) electrons. The van der Waals surface area contributed by atoms with Crippen molar-refractivity contribution in [3.05, 3.63) is 36.2 Å². The predicted molar refractivity (Wildman–Crippen MR) is 76.4 cm³/mol. The van der Waals surface area contributed by atoms with Gasteiger partial charge in [-0.25, -0.2) is 4.79 Å². The molecular weight excluding hydrogens is 274 g/mol. The summed E-state index contributed by atoms with van der Waals surface area (Å²) in [5.41, 5.74) is 0.733. The number of rotatable bonds is 6. The maximum atomic E-state index is 11.0. The van der Waals surface area contributed by atoms with Crippen LogP contribution in [0.3, 0.4) is 0 Å². The number of anilines is 2. The van der Waals surface area contributed by atoms with Crippen molar-refractivity contribution >= 4 is 17.5 Å². The Kier molecular flexibility index (Phi) is 4.55. The zero-order chi connectivity index (χ0) is 15.2. The Hall–Kier alpha value is -2.83. The van der Waals surface area contributed by atoms with E-state index >= 15 is 0 Å². The average Bonchev–Trinajstić information content (AvgIpc) is 2.47. The summed E-state index contributed by atoms with van der Waals surface area (Å²) in [6, 6.07) is 4.67. The summed E-state index contributed by atoms with van der Waals surface area (Å²) >= 11 is 0. The summed E-state index contributed by atoms with van der Waals surface area (Å²) in [7, 11) is 1.42. The van der Waals surface area contributed by atoms with Crippen molar-refractivity contribution in [2.24, 2.45) is 0 Å². The maximum absolute atomic E-state index is 11.0. The maximum Gasteiger partial charge on any atom is 0.339 e. The van der Waals surface area contributed by atoms with Crippen molar-refractivity contribution in [2.45, 2.75) is 6.92 Å². The topological polar surface area (TPSA) is 93.6 Å². The summed E-state index contributed by atoms with van der Waals surface area (Å²) in [4.78, 5) is 19.3. The number of nitrogens with one attached hydrogen (secondary N) is 1. The molecule has 0 aliphatic carbocycles. The zero-order valence-corrected chi connectivity index (χ0v) is 11.7. The van der Waals surface area contributed by atoms with E-state index in [1.165, 1.54) is 19.4 Å². The van der Waals surface area contributed by atoms with Gasteiger partial charge in [0, 0.05) is 11.8 Å². The molecule has 0 amide bonds. The van der Waals surface area contributed by atoms with Gasteiger partial charge in [0.05, 0.1) is 26.1 Å². The Bertz CT molecular complexity index is 646. The molecule has 0 aliphatic heterocycles. The number of carboxylic acids is 1. The minimum Gasteiger partial charge on any atom is -0.496 e. The van der Waals surface area contributed by atoms with Crippen LogP contribution in [0.25, 0.3) is 0 Å². The lowest BCUT2D eigenvalue weighted by atomic mass is 10.2. The van der Waals surface area contributed by atoms with Crippen molar-refractivity contribution in [1.82, 2.24) is 9.97 Å². The smallest absolute Gasteiger partial charge is 0.339 e. The normalized spacial score (nSPS) is 10.0. The van der Waals surface area contributed by atoms with Gasteiger partial charge in [0.2, 0.25) is 5.88 Å². The minimum atomic E-state index is -1.04. The van der Waals surface area contributed by atoms with Crippen LogP contribution in [0, 0.1) is 0 Å². The molecule has 1 aromatic heterocycles. The molecule has 2 N–H and O–H groups in total. The van der Waals surface area contributed by atoms with Gasteiger partial charge in [0.25, 0.3) is 0 Å². The van der Waals surface area contributed by atoms with Crippen molar-refractivity contribution < 1.29 is 19.4 Å². The quantitative estimate of drug-likeness (QED) is 0.842. The second-order valence-corrected chi connectivity index (χ2v) is 4.02. The number of benzene rings is 1. The minimum absolute atomic E-state index is 0.0946. The van der Waals surface area contributed by atoms with Crippen LogP contribution in [0.2, 0.25) is 0 Å². The number of hydrogen-bond acceptors (Lipinski definition) is 6. The van der Waals surface area contributed by atoms with Gasteiger partial charge in [-0.3, -0.25) is 4.98 Å². The SMILES string of the molecule is CCOc1cncc(Nc2ccc(C(=O)O)c(OC)c2)n1. The van der Waals surface area contributed by atoms with E-state index < -0.39 is 5.97 Å². The van der Waals surface area contributed by atoms with Crippen LogP contribution >= 0.6 is 0 Å². The van der Waals surface area contributed by atoms with Gasteiger partial charge in [-0.2, -0.15) is 4.98 Å². The molecule has 0 unspecified atom stereocenters. The number of carbonyl (C=O) groups is 1. The number of ether oxygens (including phenoxy) is 2. The molecule has 1 aromatic carbocycles. The van der Waals surface area contributed by atoms with Crippen LogP contribution in [0.5, 0.6) is 11.6 Å². The summed E-state index contributed by atoms with van der Waals surface area (Å²) in [5.74, 6) is 0.126. The fraction of sp³-hybridized carbons (Fsp3) is 0.214. The highest BCUT2D eigenvalue weighted by Gasteiger charge is 2.11. The molecule has 0 spiro atoms. The molecule has 0 bridgehead atoms. The molecule has 21 heavy (non-hydrogen) atoms. The molecule has 0 atom stereocenters. The van der Waals surface area contributed by atoms with Crippen molar-refractivity contribution in [3.63, 3.8) is 0 Å². The first-order valence-corrected chi connectivity index (χ1v) is 6.27. The van der Waals surface area contributed by atoms with Gasteiger partial charge in [-0.1, -0.05) is 0 Å². The Morgan fingerprint density at radius 1 is 1.38 bits per heavy atom. The Balaban J connectivity index is 2.23. The van der Waals surface area contributed by atoms with Crippen LogP contribution < -0.4 is 14.8 Å². The molecule has 0 aliphatic rings. The fourth-order valence-electron chi connectivity index (χ4n) is 1.72. The molecular formula is C14H15N3O4. The third-order valence-electron chi connectivity index (χ3n) is 2.61. The van der Waals surface area contributed by atoms with Gasteiger partial charge < -0.3 is 19.9 Å². The molecule has 0 saturated carbocycles. The first-order chi connectivity index (χ1) is 10.1. The Morgan fingerprint density at radius 2 is 2.19 bits per heavy atom. The molecule has 1 heterocycles. The van der Waals surface area contributed by atoms with Gasteiger partial charge in [0.15, 0.2) is 5.82 Å². The van der Waals surface area contributed by atoms with Crippen LogP contribution in [-0.2, 0) is 0 Å². The van der Waals surface area contributed by atoms with Crippen molar-refractivity contribution in [2.75, 3.05) is 19.0 Å². The first-order valence-electron chi connectivity index (χ1n) is 6.27. The Morgan fingerprint density at radius 3 is 2.86 bits per heavy atom. The van der Waals surface area contributed by atoms with E-state index in [2.05, 4.69) is 15.3 Å². The van der Waals surface area contributed by atoms with E-state index in [9.17, 15) is 4.79 Å². The lowest BCUT2D eigenvalue weighted by Crippen LogP contribution is -2.02. The van der Waals surface area contributed by atoms with Crippen LogP contribution in [0.4, 0.5) is 11.5 Å². The molecule has 0 fully saturated rings. The van der Waals surface area contributed by atoms with E-state index in [4.69, 9.17) is 14.6 Å². The molecule has 7 heteroatoms. The van der Waals surface area contributed by atoms with E-state index in [1.54, 1.807) is 18.3 Å². The van der Waals surface area contributed by atoms with Gasteiger partial charge in [-0.05, 0) is 19.1 Å². The summed E-state index contributed by atoms with van der Waals surface area (Å²) in [6.07, 6.45) is 3.06. The fourth-order valence-corrected chi connectivity index (χ4v) is 1.72. The molecule has 7 nitrogen and oxygen atoms in total. The number of aromatic nitrogens is 2. The monoisotopic (exact) mass is 289 g/mol. The van der Waals surface area contributed by atoms with E-state index in [0.717, 1.165) is 0 Å². The van der Waals surface area contributed by atoms with E-state index in [1.807, 2.05) is 6.92 Å². The molecule has 110 valence electrons. The molecule has 2 aromatic rings. The number of methoxy groups -OCH3 is 1. The lowest BCUT2D eigenvalue weighted by Gasteiger charge is -2.10. The third kappa shape index (κ3) is 3.59. The first kappa shape index (κ1) is 14.6. The summed E-state index contributed by atoms with van der Waals surface area (Å²) in [5, 5.41) is 12.1. The van der Waals surface area contributed by atoms with Crippen molar-refractivity contribution in [1.29, 1.82) is 0 Å². The van der Waals surface area contributed by atoms with Crippen LogP contribution in [0.15, 0.2) is 30.6 Å². The van der Waals surface area contributed by atoms with Gasteiger partial charge in [-0.15, -0.1) is 0 Å². The number of aromatic carboxylic acids is 1. The lowest BCUT2D eigenvalue weighted by molar-refractivity contribution is 0.0693. The summed E-state index contributed by atoms with van der Waals surface area (Å²) in [6.45, 7) is 2.36. The van der Waals surface area contributed by atoms with E-state index in [-0.39, 0.29) is 11.3 Å². The second kappa shape index (κ2) is 6.56. The summed E-state index contributed by atoms with van der Waals surface area (Å²) < 4.78 is 10.3. The molecule has 2 rings (SSSR count). The second-order valence-electron chi connectivity index (χ2n) is 4.02. The number of hydrogen-bond donors (Lipinski definition) is 2. The highest BCUT2D eigenvalue weighted by molar-refractivity contribution is 5.91. The average molecular weight is 289 g/mol. The van der Waals surface area contributed by atoms with Gasteiger partial charge >= 0.3 is 5.97 Å². The van der Waals surface area contributed by atoms with Crippen molar-refractivity contribution in [3.8, 4) is 11.6 Å². The Labute approximate surface area is 121 Å². The number of carboxylic acid groups (broad SMARTS) is 1. The highest BCUT2D eigenvalue weighted by Crippen LogP contribution is 2.25. The van der Waals surface area contributed by atoms with Gasteiger partial charge in [0.1, 0.15) is 11.3 Å².